The largest absolute Gasteiger partial charge is 0.497 e. The lowest BCUT2D eigenvalue weighted by Crippen LogP contribution is -2.32. The van der Waals surface area contributed by atoms with Crippen LogP contribution in [0.2, 0.25) is 5.02 Å². The van der Waals surface area contributed by atoms with Gasteiger partial charge in [-0.05, 0) is 61.7 Å². The van der Waals surface area contributed by atoms with Gasteiger partial charge in [-0.1, -0.05) is 29.8 Å². The number of methoxy groups -OCH3 is 1. The van der Waals surface area contributed by atoms with Crippen molar-refractivity contribution >= 4 is 34.1 Å². The first-order chi connectivity index (χ1) is 16.5. The van der Waals surface area contributed by atoms with E-state index < -0.39 is 0 Å². The van der Waals surface area contributed by atoms with E-state index >= 15 is 0 Å². The Morgan fingerprint density at radius 3 is 2.74 bits per heavy atom. The second kappa shape index (κ2) is 11.1. The molecule has 0 radical (unpaired) electrons. The van der Waals surface area contributed by atoms with Gasteiger partial charge in [-0.15, -0.1) is 0 Å². The molecule has 0 fully saturated rings. The summed E-state index contributed by atoms with van der Waals surface area (Å²) in [5.74, 6) is 1.01. The molecule has 176 valence electrons. The molecule has 0 aliphatic rings. The minimum absolute atomic E-state index is 0.122. The highest BCUT2D eigenvalue weighted by molar-refractivity contribution is 6.30. The van der Waals surface area contributed by atoms with Crippen molar-refractivity contribution < 1.29 is 13.9 Å². The number of amides is 1. The number of fused-ring (bicyclic) bond motifs is 1. The average molecular weight is 478 g/mol. The number of aromatic nitrogens is 1. The zero-order valence-corrected chi connectivity index (χ0v) is 20.1. The van der Waals surface area contributed by atoms with Gasteiger partial charge in [0.25, 0.3) is 5.91 Å². The molecule has 0 aliphatic heterocycles. The van der Waals surface area contributed by atoms with Crippen LogP contribution in [-0.4, -0.2) is 35.5 Å². The van der Waals surface area contributed by atoms with Crippen molar-refractivity contribution in [2.24, 2.45) is 0 Å². The molecule has 0 aliphatic carbocycles. The molecule has 2 aromatic heterocycles. The number of ether oxygens (including phenoxy) is 1. The summed E-state index contributed by atoms with van der Waals surface area (Å²) in [7, 11) is 1.66. The summed E-state index contributed by atoms with van der Waals surface area (Å²) in [5, 5.41) is 5.26. The van der Waals surface area contributed by atoms with Gasteiger partial charge < -0.3 is 19.4 Å². The van der Waals surface area contributed by atoms with Crippen LogP contribution in [0.3, 0.4) is 0 Å². The highest BCUT2D eigenvalue weighted by Crippen LogP contribution is 2.28. The summed E-state index contributed by atoms with van der Waals surface area (Å²) in [6, 6.07) is 19.0. The number of anilines is 1. The Balaban J connectivity index is 1.41. The molecule has 1 atom stereocenters. The normalized spacial score (nSPS) is 11.9. The molecular formula is C27H28ClN3O3. The van der Waals surface area contributed by atoms with Crippen LogP contribution in [0.4, 0.5) is 5.69 Å². The van der Waals surface area contributed by atoms with Crippen LogP contribution in [0.15, 0.2) is 77.5 Å². The number of nitrogens with one attached hydrogen (secondary N) is 1. The SMILES string of the molecule is COc1cc(NC(C)CCCN(Cc2ccc(Cl)cc2)C(=O)c2ccco2)c2ncccc2c1. The molecule has 6 nitrogen and oxygen atoms in total. The number of nitrogens with zero attached hydrogens (tertiary/aromatic N) is 2. The van der Waals surface area contributed by atoms with Crippen LogP contribution < -0.4 is 10.1 Å². The van der Waals surface area contributed by atoms with Gasteiger partial charge in [0.05, 0.1) is 24.6 Å². The first-order valence-corrected chi connectivity index (χ1v) is 11.7. The highest BCUT2D eigenvalue weighted by Gasteiger charge is 2.19. The van der Waals surface area contributed by atoms with Gasteiger partial charge in [0.15, 0.2) is 5.76 Å². The third-order valence-corrected chi connectivity index (χ3v) is 5.94. The van der Waals surface area contributed by atoms with Gasteiger partial charge in [-0.3, -0.25) is 9.78 Å². The van der Waals surface area contributed by atoms with Crippen LogP contribution in [0.25, 0.3) is 10.9 Å². The lowest BCUT2D eigenvalue weighted by Gasteiger charge is -2.23. The summed E-state index contributed by atoms with van der Waals surface area (Å²) in [4.78, 5) is 19.4. The number of pyridine rings is 1. The van der Waals surface area contributed by atoms with Crippen LogP contribution in [-0.2, 0) is 6.54 Å². The fourth-order valence-electron chi connectivity index (χ4n) is 3.94. The van der Waals surface area contributed by atoms with Crippen LogP contribution in [0.5, 0.6) is 5.75 Å². The molecule has 1 unspecified atom stereocenters. The Morgan fingerprint density at radius 1 is 1.18 bits per heavy atom. The third-order valence-electron chi connectivity index (χ3n) is 5.69. The van der Waals surface area contributed by atoms with Crippen LogP contribution in [0.1, 0.15) is 35.9 Å². The predicted octanol–water partition coefficient (Wildman–Crippen LogP) is 6.41. The lowest BCUT2D eigenvalue weighted by atomic mass is 10.1. The first-order valence-electron chi connectivity index (χ1n) is 11.3. The second-order valence-electron chi connectivity index (χ2n) is 8.27. The van der Waals surface area contributed by atoms with E-state index in [1.54, 1.807) is 25.4 Å². The Morgan fingerprint density at radius 2 is 2.00 bits per heavy atom. The second-order valence-corrected chi connectivity index (χ2v) is 8.70. The minimum Gasteiger partial charge on any atom is -0.497 e. The quantitative estimate of drug-likeness (QED) is 0.285. The van der Waals surface area contributed by atoms with Crippen molar-refractivity contribution in [3.05, 3.63) is 89.5 Å². The van der Waals surface area contributed by atoms with E-state index in [0.29, 0.717) is 23.9 Å². The standard InChI is InChI=1S/C27H28ClN3O3/c1-19(30-24-17-23(33-2)16-21-7-3-13-29-26(21)24)6-4-14-31(27(32)25-8-5-15-34-25)18-20-9-11-22(28)12-10-20/h3,5,7-13,15-17,19,30H,4,6,14,18H2,1-2H3. The Bertz CT molecular complexity index is 1230. The molecule has 34 heavy (non-hydrogen) atoms. The maximum atomic E-state index is 13.0. The molecule has 2 heterocycles. The number of carbonyl (C=O) groups is 1. The Labute approximate surface area is 204 Å². The summed E-state index contributed by atoms with van der Waals surface area (Å²) in [5.41, 5.74) is 2.86. The molecule has 1 N–H and O–H groups in total. The van der Waals surface area contributed by atoms with Gasteiger partial charge in [0.1, 0.15) is 5.75 Å². The van der Waals surface area contributed by atoms with Crippen LogP contribution >= 0.6 is 11.6 Å². The number of furan rings is 1. The summed E-state index contributed by atoms with van der Waals surface area (Å²) in [6.07, 6.45) is 5.00. The van der Waals surface area contributed by atoms with E-state index in [4.69, 9.17) is 20.8 Å². The van der Waals surface area contributed by atoms with E-state index in [-0.39, 0.29) is 11.9 Å². The molecule has 0 saturated carbocycles. The van der Waals surface area contributed by atoms with Gasteiger partial charge >= 0.3 is 0 Å². The fraction of sp³-hybridized carbons (Fsp3) is 0.259. The van der Waals surface area contributed by atoms with Crippen molar-refractivity contribution in [2.75, 3.05) is 19.0 Å². The predicted molar refractivity (Wildman–Crippen MR) is 136 cm³/mol. The maximum Gasteiger partial charge on any atom is 0.289 e. The van der Waals surface area contributed by atoms with E-state index in [1.165, 1.54) is 6.26 Å². The Kier molecular flexibility index (Phi) is 7.70. The van der Waals surface area contributed by atoms with E-state index in [2.05, 4.69) is 17.2 Å². The van der Waals surface area contributed by atoms with Gasteiger partial charge in [0, 0.05) is 41.8 Å². The topological polar surface area (TPSA) is 67.6 Å². The van der Waals surface area contributed by atoms with Gasteiger partial charge in [0.2, 0.25) is 0 Å². The van der Waals surface area contributed by atoms with Crippen molar-refractivity contribution in [2.45, 2.75) is 32.4 Å². The third kappa shape index (κ3) is 5.88. The van der Waals surface area contributed by atoms with Crippen LogP contribution in [0, 0.1) is 0 Å². The number of benzene rings is 2. The van der Waals surface area contributed by atoms with E-state index in [9.17, 15) is 4.79 Å². The minimum atomic E-state index is -0.122. The zero-order valence-electron chi connectivity index (χ0n) is 19.3. The zero-order chi connectivity index (χ0) is 23.9. The monoisotopic (exact) mass is 477 g/mol. The molecule has 7 heteroatoms. The lowest BCUT2D eigenvalue weighted by molar-refractivity contribution is 0.0707. The molecule has 4 rings (SSSR count). The molecule has 4 aromatic rings. The number of halogens is 1. The first kappa shape index (κ1) is 23.6. The van der Waals surface area contributed by atoms with Crippen molar-refractivity contribution in [1.29, 1.82) is 0 Å². The van der Waals surface area contributed by atoms with Gasteiger partial charge in [-0.25, -0.2) is 0 Å². The number of rotatable bonds is 10. The van der Waals surface area contributed by atoms with Gasteiger partial charge in [-0.2, -0.15) is 0 Å². The molecule has 0 saturated heterocycles. The number of hydrogen-bond donors (Lipinski definition) is 1. The van der Waals surface area contributed by atoms with E-state index in [1.807, 2.05) is 53.4 Å². The summed E-state index contributed by atoms with van der Waals surface area (Å²) in [6.45, 7) is 3.22. The van der Waals surface area contributed by atoms with Crippen molar-refractivity contribution in [3.8, 4) is 5.75 Å². The smallest absolute Gasteiger partial charge is 0.289 e. The molecule has 2 aromatic carbocycles. The Hall–Kier alpha value is -3.51. The molecule has 1 amide bonds. The van der Waals surface area contributed by atoms with Crippen molar-refractivity contribution in [3.63, 3.8) is 0 Å². The molecule has 0 bridgehead atoms. The summed E-state index contributed by atoms with van der Waals surface area (Å²) >= 11 is 6.02. The maximum absolute atomic E-state index is 13.0. The van der Waals surface area contributed by atoms with Crippen molar-refractivity contribution in [1.82, 2.24) is 9.88 Å². The van der Waals surface area contributed by atoms with E-state index in [0.717, 1.165) is 40.7 Å². The number of hydrogen-bond acceptors (Lipinski definition) is 5. The fourth-order valence-corrected chi connectivity index (χ4v) is 4.06. The molecular weight excluding hydrogens is 450 g/mol. The molecule has 0 spiro atoms. The summed E-state index contributed by atoms with van der Waals surface area (Å²) < 4.78 is 10.8. The highest BCUT2D eigenvalue weighted by atomic mass is 35.5. The number of carbonyl (C=O) groups excluding carboxylic acids is 1. The average Bonchev–Trinajstić information content (AvgIpc) is 3.39.